The molecule has 3 nitrogen and oxygen atoms in total. The molecule has 10 aromatic carbocycles. The van der Waals surface area contributed by atoms with Crippen molar-refractivity contribution < 1.29 is 4.42 Å². The van der Waals surface area contributed by atoms with Crippen molar-refractivity contribution in [2.45, 2.75) is 0 Å². The summed E-state index contributed by atoms with van der Waals surface area (Å²) in [6.07, 6.45) is 0. The zero-order valence-corrected chi connectivity index (χ0v) is 35.5. The molecule has 0 unspecified atom stereocenters. The SMILES string of the molecule is c1ccc(-c2cccc3c2oc2ccc(-c4ccc(N(c5ccc(-c6cccc(-n7c8ccccc8c8ccccc87)c6)cc5)c5cccc6c5sc5ccccc56)cc4)cc23)cc1. The summed E-state index contributed by atoms with van der Waals surface area (Å²) < 4.78 is 11.5. The number of hydrogen-bond acceptors (Lipinski definition) is 3. The molecule has 300 valence electrons. The average molecular weight is 835 g/mol. The summed E-state index contributed by atoms with van der Waals surface area (Å²) in [5, 5.41) is 7.33. The number of aromatic nitrogens is 1. The van der Waals surface area contributed by atoms with E-state index in [0.29, 0.717) is 0 Å². The van der Waals surface area contributed by atoms with Crippen molar-refractivity contribution in [1.82, 2.24) is 4.57 Å². The molecule has 64 heavy (non-hydrogen) atoms. The molecule has 0 aliphatic carbocycles. The fraction of sp³-hybridized carbons (Fsp3) is 0. The van der Waals surface area contributed by atoms with Crippen molar-refractivity contribution >= 4 is 92.3 Å². The summed E-state index contributed by atoms with van der Waals surface area (Å²) in [6, 6.07) is 83.3. The third-order valence-electron chi connectivity index (χ3n) is 12.8. The number of rotatable bonds is 7. The second-order valence-corrected chi connectivity index (χ2v) is 17.5. The number of hydrogen-bond donors (Lipinski definition) is 0. The quantitative estimate of drug-likeness (QED) is 0.159. The first kappa shape index (κ1) is 36.5. The number of fused-ring (bicyclic) bond motifs is 9. The third-order valence-corrected chi connectivity index (χ3v) is 14.0. The Hall–Kier alpha value is -8.18. The molecule has 4 heteroatoms. The van der Waals surface area contributed by atoms with Crippen LogP contribution < -0.4 is 4.90 Å². The van der Waals surface area contributed by atoms with Gasteiger partial charge >= 0.3 is 0 Å². The molecule has 3 heterocycles. The Bertz CT molecular complexity index is 3840. The number of benzene rings is 10. The smallest absolute Gasteiger partial charge is 0.143 e. The summed E-state index contributed by atoms with van der Waals surface area (Å²) in [6.45, 7) is 0. The first-order valence-corrected chi connectivity index (χ1v) is 22.6. The van der Waals surface area contributed by atoms with Gasteiger partial charge in [-0.15, -0.1) is 11.3 Å². The Labute approximate surface area is 373 Å². The maximum atomic E-state index is 6.52. The van der Waals surface area contributed by atoms with Gasteiger partial charge in [-0.1, -0.05) is 158 Å². The van der Waals surface area contributed by atoms with Crippen LogP contribution in [0.1, 0.15) is 0 Å². The van der Waals surface area contributed by atoms with Crippen molar-refractivity contribution in [3.05, 3.63) is 231 Å². The molecule has 0 N–H and O–H groups in total. The van der Waals surface area contributed by atoms with Crippen molar-refractivity contribution in [1.29, 1.82) is 0 Å². The molecule has 0 aliphatic heterocycles. The molecule has 0 aliphatic rings. The molecule has 0 amide bonds. The van der Waals surface area contributed by atoms with Crippen LogP contribution in [0.15, 0.2) is 235 Å². The van der Waals surface area contributed by atoms with E-state index in [0.717, 1.165) is 66.9 Å². The molecule has 0 spiro atoms. The van der Waals surface area contributed by atoms with E-state index in [9.17, 15) is 0 Å². The van der Waals surface area contributed by atoms with E-state index in [1.807, 2.05) is 17.4 Å². The molecule has 13 rings (SSSR count). The molecule has 0 fully saturated rings. The van der Waals surface area contributed by atoms with Gasteiger partial charge in [0.15, 0.2) is 0 Å². The van der Waals surface area contributed by atoms with Crippen molar-refractivity contribution in [2.75, 3.05) is 4.90 Å². The molecule has 3 aromatic heterocycles. The van der Waals surface area contributed by atoms with E-state index >= 15 is 0 Å². The fourth-order valence-corrected chi connectivity index (χ4v) is 11.0. The Morgan fingerprint density at radius 1 is 0.375 bits per heavy atom. The van der Waals surface area contributed by atoms with Crippen LogP contribution in [0, 0.1) is 0 Å². The lowest BCUT2D eigenvalue weighted by atomic mass is 10.00. The molecule has 0 radical (unpaired) electrons. The second-order valence-electron chi connectivity index (χ2n) is 16.5. The summed E-state index contributed by atoms with van der Waals surface area (Å²) in [7, 11) is 0. The van der Waals surface area contributed by atoms with Gasteiger partial charge in [-0.3, -0.25) is 0 Å². The highest BCUT2D eigenvalue weighted by Gasteiger charge is 2.20. The van der Waals surface area contributed by atoms with Gasteiger partial charge in [0.1, 0.15) is 11.2 Å². The molecule has 13 aromatic rings. The Morgan fingerprint density at radius 3 is 1.67 bits per heavy atom. The normalized spacial score (nSPS) is 11.8. The van der Waals surface area contributed by atoms with Gasteiger partial charge in [0.25, 0.3) is 0 Å². The van der Waals surface area contributed by atoms with Gasteiger partial charge in [0, 0.05) is 59.6 Å². The molecule has 0 atom stereocenters. The van der Waals surface area contributed by atoms with E-state index in [1.54, 1.807) is 0 Å². The predicted molar refractivity (Wildman–Crippen MR) is 272 cm³/mol. The molecule has 0 bridgehead atoms. The minimum atomic E-state index is 0.892. The molecule has 0 saturated heterocycles. The highest BCUT2D eigenvalue weighted by Crippen LogP contribution is 2.46. The second kappa shape index (κ2) is 14.7. The monoisotopic (exact) mass is 834 g/mol. The first-order valence-electron chi connectivity index (χ1n) is 21.7. The lowest BCUT2D eigenvalue weighted by molar-refractivity contribution is 0.670. The maximum absolute atomic E-state index is 6.52. The minimum Gasteiger partial charge on any atom is -0.455 e. The molecule has 0 saturated carbocycles. The summed E-state index contributed by atoms with van der Waals surface area (Å²) in [5.74, 6) is 0. The maximum Gasteiger partial charge on any atom is 0.143 e. The van der Waals surface area contributed by atoms with E-state index in [4.69, 9.17) is 4.42 Å². The van der Waals surface area contributed by atoms with Crippen LogP contribution in [0.3, 0.4) is 0 Å². The van der Waals surface area contributed by atoms with Gasteiger partial charge in [-0.25, -0.2) is 0 Å². The number of nitrogens with zero attached hydrogens (tertiary/aromatic N) is 2. The van der Waals surface area contributed by atoms with Gasteiger partial charge in [-0.2, -0.15) is 0 Å². The summed E-state index contributed by atoms with van der Waals surface area (Å²) in [4.78, 5) is 2.41. The summed E-state index contributed by atoms with van der Waals surface area (Å²) in [5.41, 5.74) is 15.6. The van der Waals surface area contributed by atoms with Crippen LogP contribution in [0.2, 0.25) is 0 Å². The van der Waals surface area contributed by atoms with Crippen LogP contribution in [-0.2, 0) is 0 Å². The number of anilines is 3. The van der Waals surface area contributed by atoms with Crippen molar-refractivity contribution in [3.63, 3.8) is 0 Å². The van der Waals surface area contributed by atoms with Gasteiger partial charge < -0.3 is 13.9 Å². The van der Waals surface area contributed by atoms with Gasteiger partial charge in [-0.05, 0) is 101 Å². The highest BCUT2D eigenvalue weighted by atomic mass is 32.1. The molecular formula is C60H38N2OS. The minimum absolute atomic E-state index is 0.892. The number of para-hydroxylation sites is 3. The largest absolute Gasteiger partial charge is 0.455 e. The fourth-order valence-electron chi connectivity index (χ4n) is 9.79. The van der Waals surface area contributed by atoms with Gasteiger partial charge in [0.05, 0.1) is 21.4 Å². The zero-order chi connectivity index (χ0) is 42.1. The van der Waals surface area contributed by atoms with E-state index in [1.165, 1.54) is 53.1 Å². The van der Waals surface area contributed by atoms with Crippen LogP contribution in [-0.4, -0.2) is 4.57 Å². The predicted octanol–water partition coefficient (Wildman–Crippen LogP) is 17.5. The highest BCUT2D eigenvalue weighted by molar-refractivity contribution is 7.26. The lowest BCUT2D eigenvalue weighted by Gasteiger charge is -2.26. The third kappa shape index (κ3) is 5.88. The van der Waals surface area contributed by atoms with Crippen LogP contribution in [0.5, 0.6) is 0 Å². The van der Waals surface area contributed by atoms with E-state index in [2.05, 4.69) is 234 Å². The van der Waals surface area contributed by atoms with Gasteiger partial charge in [0.2, 0.25) is 0 Å². The van der Waals surface area contributed by atoms with Crippen LogP contribution >= 0.6 is 11.3 Å². The Balaban J connectivity index is 0.897. The standard InChI is InChI=1S/C60H38N2OS/c1-2-13-41(14-3-1)47-20-11-21-51-53-38-43(31-36-57(53)63-59(47)51)40-29-34-45(35-30-40)61(56-25-12-22-52-50-19-6-9-26-58(50)64-60(52)56)44-32-27-39(28-33-44)42-15-10-16-46(37-42)62-54-23-7-4-17-48(54)49-18-5-8-24-55(49)62/h1-38H. The first-order chi connectivity index (χ1) is 31.7. The lowest BCUT2D eigenvalue weighted by Crippen LogP contribution is -2.10. The van der Waals surface area contributed by atoms with Crippen LogP contribution in [0.4, 0.5) is 17.1 Å². The summed E-state index contributed by atoms with van der Waals surface area (Å²) >= 11 is 1.86. The van der Waals surface area contributed by atoms with Crippen molar-refractivity contribution in [2.24, 2.45) is 0 Å². The average Bonchev–Trinajstić information content (AvgIpc) is 4.05. The van der Waals surface area contributed by atoms with E-state index < -0.39 is 0 Å². The number of thiophene rings is 1. The zero-order valence-electron chi connectivity index (χ0n) is 34.7. The van der Waals surface area contributed by atoms with E-state index in [-0.39, 0.29) is 0 Å². The van der Waals surface area contributed by atoms with Crippen molar-refractivity contribution in [3.8, 4) is 39.1 Å². The Kier molecular flexibility index (Phi) is 8.40. The topological polar surface area (TPSA) is 21.3 Å². The molecular weight excluding hydrogens is 797 g/mol. The van der Waals surface area contributed by atoms with Crippen LogP contribution in [0.25, 0.3) is 103 Å². The number of furan rings is 1. The Morgan fingerprint density at radius 2 is 0.938 bits per heavy atom.